The van der Waals surface area contributed by atoms with Gasteiger partial charge in [-0.2, -0.15) is 0 Å². The van der Waals surface area contributed by atoms with Crippen molar-refractivity contribution in [3.8, 4) is 23.0 Å². The molecule has 2 aromatic rings. The third-order valence-electron chi connectivity index (χ3n) is 7.68. The van der Waals surface area contributed by atoms with Gasteiger partial charge in [-0.25, -0.2) is 0 Å². The average Bonchev–Trinajstić information content (AvgIpc) is 2.88. The van der Waals surface area contributed by atoms with Gasteiger partial charge in [0.1, 0.15) is 0 Å². The zero-order chi connectivity index (χ0) is 26.3. The Bertz CT molecular complexity index is 992. The molecular formula is C30H45NO5. The summed E-state index contributed by atoms with van der Waals surface area (Å²) in [7, 11) is 8.84. The second-order valence-corrected chi connectivity index (χ2v) is 10.4. The molecule has 0 spiro atoms. The van der Waals surface area contributed by atoms with Gasteiger partial charge >= 0.3 is 0 Å². The molecule has 6 nitrogen and oxygen atoms in total. The van der Waals surface area contributed by atoms with Gasteiger partial charge in [-0.05, 0) is 99.0 Å². The van der Waals surface area contributed by atoms with Gasteiger partial charge in [0.2, 0.25) is 0 Å². The van der Waals surface area contributed by atoms with Crippen molar-refractivity contribution in [3.63, 3.8) is 0 Å². The number of methoxy groups -OCH3 is 4. The van der Waals surface area contributed by atoms with Gasteiger partial charge in [0.25, 0.3) is 0 Å². The van der Waals surface area contributed by atoms with Gasteiger partial charge in [0, 0.05) is 12.5 Å². The molecule has 1 N–H and O–H groups in total. The minimum absolute atomic E-state index is 0.0690. The largest absolute Gasteiger partial charge is 0.493 e. The van der Waals surface area contributed by atoms with E-state index in [1.165, 1.54) is 16.7 Å². The fourth-order valence-corrected chi connectivity index (χ4v) is 5.74. The molecule has 0 unspecified atom stereocenters. The van der Waals surface area contributed by atoms with Crippen LogP contribution >= 0.6 is 0 Å². The molecule has 2 aromatic carbocycles. The second kappa shape index (κ2) is 12.7. The summed E-state index contributed by atoms with van der Waals surface area (Å²) in [4.78, 5) is 2.36. The van der Waals surface area contributed by atoms with Crippen LogP contribution in [0.1, 0.15) is 62.1 Å². The van der Waals surface area contributed by atoms with E-state index in [4.69, 9.17) is 18.9 Å². The Hall–Kier alpha value is -2.44. The third kappa shape index (κ3) is 6.46. The van der Waals surface area contributed by atoms with Crippen molar-refractivity contribution in [3.05, 3.63) is 47.0 Å². The van der Waals surface area contributed by atoms with Gasteiger partial charge in [-0.15, -0.1) is 0 Å². The molecule has 6 heteroatoms. The van der Waals surface area contributed by atoms with Crippen LogP contribution in [0.15, 0.2) is 30.3 Å². The molecule has 0 saturated carbocycles. The fourth-order valence-electron chi connectivity index (χ4n) is 5.74. The van der Waals surface area contributed by atoms with Crippen LogP contribution in [0.25, 0.3) is 0 Å². The van der Waals surface area contributed by atoms with Gasteiger partial charge in [0.15, 0.2) is 23.0 Å². The first-order valence-electron chi connectivity index (χ1n) is 13.1. The van der Waals surface area contributed by atoms with Gasteiger partial charge in [-0.1, -0.05) is 19.9 Å². The fraction of sp³-hybridized carbons (Fsp3) is 0.600. The predicted molar refractivity (Wildman–Crippen MR) is 145 cm³/mol. The molecule has 2 atom stereocenters. The SMILES string of the molecule is COc1ccc(CCCCN(C)CC[C@@]2(O)CCc3cc(OC)c(OC)cc3[C@@H]2C(C)C)cc1OC. The number of fused-ring (bicyclic) bond motifs is 1. The normalized spacial score (nSPS) is 19.3. The van der Waals surface area contributed by atoms with E-state index in [2.05, 4.69) is 50.1 Å². The minimum Gasteiger partial charge on any atom is -0.493 e. The standard InChI is InChI=1S/C30H45NO5/c1-21(2)29-24-20-28(36-7)27(35-6)19-23(24)13-14-30(29,32)15-17-31(3)16-9-8-10-22-11-12-25(33-4)26(18-22)34-5/h11-12,18-21,29,32H,8-10,13-17H2,1-7H3/t29-,30-/m0/s1. The minimum atomic E-state index is -0.728. The van der Waals surface area contributed by atoms with E-state index in [-0.39, 0.29) is 5.92 Å². The number of unbranched alkanes of at least 4 members (excludes halogenated alkanes) is 1. The van der Waals surface area contributed by atoms with E-state index < -0.39 is 5.60 Å². The van der Waals surface area contributed by atoms with Crippen LogP contribution in [0.4, 0.5) is 0 Å². The number of aryl methyl sites for hydroxylation is 2. The van der Waals surface area contributed by atoms with E-state index in [1.807, 2.05) is 6.07 Å². The van der Waals surface area contributed by atoms with Crippen LogP contribution in [0.3, 0.4) is 0 Å². The molecule has 0 heterocycles. The zero-order valence-electron chi connectivity index (χ0n) is 23.2. The highest BCUT2D eigenvalue weighted by Gasteiger charge is 2.43. The lowest BCUT2D eigenvalue weighted by molar-refractivity contribution is -0.0301. The Balaban J connectivity index is 1.56. The summed E-state index contributed by atoms with van der Waals surface area (Å²) in [5.74, 6) is 3.43. The molecule has 0 aliphatic heterocycles. The topological polar surface area (TPSA) is 60.4 Å². The van der Waals surface area contributed by atoms with Crippen LogP contribution in [0.5, 0.6) is 23.0 Å². The summed E-state index contributed by atoms with van der Waals surface area (Å²) < 4.78 is 21.9. The molecule has 0 fully saturated rings. The van der Waals surface area contributed by atoms with Crippen molar-refractivity contribution in [2.75, 3.05) is 48.6 Å². The maximum atomic E-state index is 11.9. The first-order chi connectivity index (χ1) is 17.3. The predicted octanol–water partition coefficient (Wildman–Crippen LogP) is 5.48. The lowest BCUT2D eigenvalue weighted by Crippen LogP contribution is -2.45. The molecular weight excluding hydrogens is 454 g/mol. The number of rotatable bonds is 13. The number of nitrogens with zero attached hydrogens (tertiary/aromatic N) is 1. The Kier molecular flexibility index (Phi) is 9.92. The first-order valence-corrected chi connectivity index (χ1v) is 13.1. The lowest BCUT2D eigenvalue weighted by Gasteiger charge is -2.44. The average molecular weight is 500 g/mol. The molecule has 0 amide bonds. The van der Waals surface area contributed by atoms with Crippen molar-refractivity contribution < 1.29 is 24.1 Å². The summed E-state index contributed by atoms with van der Waals surface area (Å²) >= 11 is 0. The molecule has 3 rings (SSSR count). The summed E-state index contributed by atoms with van der Waals surface area (Å²) in [6.45, 7) is 6.30. The lowest BCUT2D eigenvalue weighted by atomic mass is 9.66. The molecule has 0 bridgehead atoms. The zero-order valence-corrected chi connectivity index (χ0v) is 23.2. The Morgan fingerprint density at radius 3 is 2.17 bits per heavy atom. The molecule has 0 aromatic heterocycles. The van der Waals surface area contributed by atoms with Crippen molar-refractivity contribution >= 4 is 0 Å². The summed E-state index contributed by atoms with van der Waals surface area (Å²) in [5, 5.41) is 11.9. The van der Waals surface area contributed by atoms with E-state index in [0.717, 1.165) is 74.6 Å². The smallest absolute Gasteiger partial charge is 0.161 e. The number of hydrogen-bond donors (Lipinski definition) is 1. The van der Waals surface area contributed by atoms with E-state index in [9.17, 15) is 5.11 Å². The Morgan fingerprint density at radius 1 is 0.889 bits per heavy atom. The summed E-state index contributed by atoms with van der Waals surface area (Å²) in [6.07, 6.45) is 5.60. The Morgan fingerprint density at radius 2 is 1.53 bits per heavy atom. The first kappa shape index (κ1) is 28.1. The number of benzene rings is 2. The molecule has 0 radical (unpaired) electrons. The van der Waals surface area contributed by atoms with E-state index in [0.29, 0.717) is 5.92 Å². The highest BCUT2D eigenvalue weighted by Crippen LogP contribution is 2.48. The van der Waals surface area contributed by atoms with Gasteiger partial charge in [-0.3, -0.25) is 0 Å². The van der Waals surface area contributed by atoms with Crippen LogP contribution in [0, 0.1) is 5.92 Å². The monoisotopic (exact) mass is 499 g/mol. The third-order valence-corrected chi connectivity index (χ3v) is 7.68. The summed E-state index contributed by atoms with van der Waals surface area (Å²) in [5.41, 5.74) is 3.00. The Labute approximate surface area is 217 Å². The van der Waals surface area contributed by atoms with E-state index in [1.54, 1.807) is 28.4 Å². The van der Waals surface area contributed by atoms with Crippen LogP contribution in [-0.2, 0) is 12.8 Å². The van der Waals surface area contributed by atoms with Gasteiger partial charge < -0.3 is 29.0 Å². The quantitative estimate of drug-likeness (QED) is 0.368. The molecule has 0 saturated heterocycles. The number of ether oxygens (including phenoxy) is 4. The molecule has 1 aliphatic rings. The van der Waals surface area contributed by atoms with Crippen molar-refractivity contribution in [1.29, 1.82) is 0 Å². The summed E-state index contributed by atoms with van der Waals surface area (Å²) in [6, 6.07) is 10.3. The molecule has 36 heavy (non-hydrogen) atoms. The van der Waals surface area contributed by atoms with Crippen molar-refractivity contribution in [1.82, 2.24) is 4.90 Å². The van der Waals surface area contributed by atoms with Crippen LogP contribution in [0.2, 0.25) is 0 Å². The second-order valence-electron chi connectivity index (χ2n) is 10.4. The van der Waals surface area contributed by atoms with Crippen LogP contribution in [-0.4, -0.2) is 64.2 Å². The number of aliphatic hydroxyl groups is 1. The molecule has 1 aliphatic carbocycles. The van der Waals surface area contributed by atoms with Crippen molar-refractivity contribution in [2.45, 2.75) is 63.9 Å². The van der Waals surface area contributed by atoms with Crippen molar-refractivity contribution in [2.24, 2.45) is 5.92 Å². The number of hydrogen-bond acceptors (Lipinski definition) is 6. The highest BCUT2D eigenvalue weighted by molar-refractivity contribution is 5.50. The van der Waals surface area contributed by atoms with Gasteiger partial charge in [0.05, 0.1) is 34.0 Å². The van der Waals surface area contributed by atoms with E-state index >= 15 is 0 Å². The maximum absolute atomic E-state index is 11.9. The highest BCUT2D eigenvalue weighted by atomic mass is 16.5. The molecule has 200 valence electrons. The maximum Gasteiger partial charge on any atom is 0.161 e. The van der Waals surface area contributed by atoms with Crippen LogP contribution < -0.4 is 18.9 Å².